The van der Waals surface area contributed by atoms with E-state index in [1.807, 2.05) is 18.2 Å². The third kappa shape index (κ3) is 6.23. The summed E-state index contributed by atoms with van der Waals surface area (Å²) in [7, 11) is 0. The number of thiol groups is 1. The van der Waals surface area contributed by atoms with Gasteiger partial charge in [0.15, 0.2) is 11.6 Å². The van der Waals surface area contributed by atoms with Crippen molar-refractivity contribution in [2.45, 2.75) is 11.8 Å². The maximum atomic E-state index is 15.5. The Labute approximate surface area is 255 Å². The number of piperazine rings is 1. The van der Waals surface area contributed by atoms with Crippen molar-refractivity contribution in [3.05, 3.63) is 111 Å². The predicted octanol–water partition coefficient (Wildman–Crippen LogP) is 4.78. The van der Waals surface area contributed by atoms with Gasteiger partial charge in [-0.05, 0) is 78.8 Å². The van der Waals surface area contributed by atoms with Crippen molar-refractivity contribution in [1.82, 2.24) is 19.8 Å². The van der Waals surface area contributed by atoms with Crippen LogP contribution in [0.25, 0.3) is 11.8 Å². The number of hydrogen-bond acceptors (Lipinski definition) is 7. The van der Waals surface area contributed by atoms with Crippen molar-refractivity contribution in [3.63, 3.8) is 0 Å². The average Bonchev–Trinajstić information content (AvgIpc) is 3.36. The smallest absolute Gasteiger partial charge is 0.271 e. The van der Waals surface area contributed by atoms with E-state index in [1.165, 1.54) is 53.2 Å². The second kappa shape index (κ2) is 13.0. The fraction of sp³-hybridized carbons (Fsp3) is 0.219. The highest BCUT2D eigenvalue weighted by atomic mass is 32.2. The molecule has 2 N–H and O–H groups in total. The Bertz CT molecular complexity index is 1770. The van der Waals surface area contributed by atoms with E-state index >= 15 is 4.39 Å². The molecule has 0 aliphatic carbocycles. The summed E-state index contributed by atoms with van der Waals surface area (Å²) in [6, 6.07) is 14.7. The molecule has 6 rings (SSSR count). The van der Waals surface area contributed by atoms with Crippen LogP contribution in [0, 0.1) is 11.6 Å². The van der Waals surface area contributed by atoms with Gasteiger partial charge in [-0.25, -0.2) is 8.78 Å². The number of rotatable bonds is 9. The highest BCUT2D eigenvalue weighted by molar-refractivity contribution is 8.17. The van der Waals surface area contributed by atoms with E-state index < -0.39 is 34.3 Å². The molecule has 12 heteroatoms. The molecular formula is C32H31F2N5O4S. The molecule has 1 fully saturated rings. The lowest BCUT2D eigenvalue weighted by molar-refractivity contribution is 0.102. The summed E-state index contributed by atoms with van der Waals surface area (Å²) in [6.07, 6.45) is 5.21. The van der Waals surface area contributed by atoms with Crippen LogP contribution in [-0.4, -0.2) is 59.7 Å². The normalized spacial score (nSPS) is 17.1. The minimum Gasteiger partial charge on any atom is -0.493 e. The van der Waals surface area contributed by atoms with Crippen molar-refractivity contribution in [2.75, 3.05) is 44.6 Å². The van der Waals surface area contributed by atoms with Crippen LogP contribution < -0.4 is 25.1 Å². The van der Waals surface area contributed by atoms with E-state index in [0.29, 0.717) is 12.2 Å². The minimum absolute atomic E-state index is 0.0467. The SMILES string of the molecule is CCOc1ccn(-c2ccc(F)cc2)c(=O)c1C(=O)Nc1ccc(O[SH]2C(CN3CCNCC3)=Cc3ncccc32)c(F)c1. The van der Waals surface area contributed by atoms with Gasteiger partial charge in [0.1, 0.15) is 17.1 Å². The maximum Gasteiger partial charge on any atom is 0.271 e. The first kappa shape index (κ1) is 29.5. The Morgan fingerprint density at radius 2 is 1.86 bits per heavy atom. The number of pyridine rings is 2. The number of hydrogen-bond donors (Lipinski definition) is 3. The van der Waals surface area contributed by atoms with Crippen LogP contribution in [0.2, 0.25) is 0 Å². The molecule has 2 aliphatic rings. The van der Waals surface area contributed by atoms with Crippen molar-refractivity contribution >= 4 is 28.8 Å². The first-order chi connectivity index (χ1) is 21.4. The number of benzene rings is 2. The Kier molecular flexibility index (Phi) is 8.73. The molecular weight excluding hydrogens is 588 g/mol. The van der Waals surface area contributed by atoms with E-state index in [4.69, 9.17) is 8.92 Å². The van der Waals surface area contributed by atoms with E-state index in [2.05, 4.69) is 20.5 Å². The third-order valence-electron chi connectivity index (χ3n) is 7.26. The van der Waals surface area contributed by atoms with Gasteiger partial charge < -0.3 is 19.6 Å². The van der Waals surface area contributed by atoms with Gasteiger partial charge in [-0.2, -0.15) is 0 Å². The number of nitrogens with zero attached hydrogens (tertiary/aromatic N) is 3. The van der Waals surface area contributed by atoms with Crippen LogP contribution in [0.5, 0.6) is 11.5 Å². The summed E-state index contributed by atoms with van der Waals surface area (Å²) >= 11 is -1.32. The number of anilines is 1. The molecule has 2 aliphatic heterocycles. The lowest BCUT2D eigenvalue weighted by Crippen LogP contribution is -2.44. The molecule has 1 atom stereocenters. The van der Waals surface area contributed by atoms with E-state index in [-0.39, 0.29) is 29.4 Å². The van der Waals surface area contributed by atoms with Gasteiger partial charge >= 0.3 is 0 Å². The summed E-state index contributed by atoms with van der Waals surface area (Å²) in [4.78, 5) is 35.6. The van der Waals surface area contributed by atoms with Gasteiger partial charge in [0.25, 0.3) is 11.5 Å². The van der Waals surface area contributed by atoms with Crippen molar-refractivity contribution < 1.29 is 22.5 Å². The minimum atomic E-state index is -1.32. The predicted molar refractivity (Wildman–Crippen MR) is 167 cm³/mol. The highest BCUT2D eigenvalue weighted by Gasteiger charge is 2.28. The Morgan fingerprint density at radius 3 is 2.61 bits per heavy atom. The maximum absolute atomic E-state index is 15.5. The topological polar surface area (TPSA) is 97.7 Å². The highest BCUT2D eigenvalue weighted by Crippen LogP contribution is 2.52. The van der Waals surface area contributed by atoms with E-state index in [0.717, 1.165) is 47.7 Å². The lowest BCUT2D eigenvalue weighted by Gasteiger charge is -2.30. The Hall–Kier alpha value is -4.52. The summed E-state index contributed by atoms with van der Waals surface area (Å²) in [5.74, 6) is -1.77. The van der Waals surface area contributed by atoms with Crippen LogP contribution in [0.1, 0.15) is 23.0 Å². The zero-order chi connectivity index (χ0) is 30.6. The van der Waals surface area contributed by atoms with Crippen molar-refractivity contribution in [2.24, 2.45) is 0 Å². The number of aromatic nitrogens is 2. The van der Waals surface area contributed by atoms with Crippen LogP contribution in [-0.2, 0) is 0 Å². The number of fused-ring (bicyclic) bond motifs is 1. The molecule has 1 amide bonds. The average molecular weight is 620 g/mol. The molecule has 0 bridgehead atoms. The second-order valence-corrected chi connectivity index (χ2v) is 12.0. The first-order valence-electron chi connectivity index (χ1n) is 14.2. The number of carbonyl (C=O) groups excluding carboxylic acids is 1. The van der Waals surface area contributed by atoms with Crippen LogP contribution in [0.3, 0.4) is 0 Å². The Morgan fingerprint density at radius 1 is 1.07 bits per heavy atom. The zero-order valence-electron chi connectivity index (χ0n) is 23.9. The number of nitrogens with one attached hydrogen (secondary N) is 2. The van der Waals surface area contributed by atoms with Gasteiger partial charge in [-0.3, -0.25) is 24.0 Å². The van der Waals surface area contributed by atoms with E-state index in [9.17, 15) is 14.0 Å². The Balaban J connectivity index is 1.23. The number of carbonyl (C=O) groups is 1. The van der Waals surface area contributed by atoms with Crippen molar-refractivity contribution in [3.8, 4) is 17.2 Å². The molecule has 4 aromatic rings. The molecule has 4 heterocycles. The van der Waals surface area contributed by atoms with Gasteiger partial charge in [0.2, 0.25) is 0 Å². The monoisotopic (exact) mass is 619 g/mol. The fourth-order valence-corrected chi connectivity index (χ4v) is 7.12. The largest absolute Gasteiger partial charge is 0.493 e. The molecule has 228 valence electrons. The summed E-state index contributed by atoms with van der Waals surface area (Å²) in [5, 5.41) is 5.96. The second-order valence-electron chi connectivity index (χ2n) is 10.2. The van der Waals surface area contributed by atoms with E-state index in [1.54, 1.807) is 13.1 Å². The molecule has 2 aromatic carbocycles. The van der Waals surface area contributed by atoms with Gasteiger partial charge in [-0.1, -0.05) is 0 Å². The van der Waals surface area contributed by atoms with Crippen LogP contribution >= 0.6 is 11.2 Å². The zero-order valence-corrected chi connectivity index (χ0v) is 24.8. The van der Waals surface area contributed by atoms with Crippen LogP contribution in [0.15, 0.2) is 87.7 Å². The molecule has 44 heavy (non-hydrogen) atoms. The molecule has 1 unspecified atom stereocenters. The van der Waals surface area contributed by atoms with Crippen molar-refractivity contribution in [1.29, 1.82) is 0 Å². The molecule has 2 aromatic heterocycles. The lowest BCUT2D eigenvalue weighted by atomic mass is 10.2. The standard InChI is InChI=1S/C32H31F2N5O4S/c1-2-42-28-11-15-39(23-8-5-21(33)6-9-23)32(41)30(28)31(40)37-22-7-10-27(25(34)18-22)43-44-24(20-38-16-13-35-14-17-38)19-26-29(44)4-3-12-36-26/h3-12,15,18-19,35,44H,2,13-14,16-17,20H2,1H3,(H,37,40). The third-order valence-corrected chi connectivity index (χ3v) is 9.25. The molecule has 1 saturated heterocycles. The van der Waals surface area contributed by atoms with Gasteiger partial charge in [0.05, 0.1) is 17.2 Å². The number of ether oxygens (including phenoxy) is 1. The quantitative estimate of drug-likeness (QED) is 0.232. The molecule has 0 radical (unpaired) electrons. The summed E-state index contributed by atoms with van der Waals surface area (Å²) in [6.45, 7) is 6.29. The number of halogens is 2. The fourth-order valence-electron chi connectivity index (χ4n) is 5.13. The summed E-state index contributed by atoms with van der Waals surface area (Å²) < 4.78 is 42.0. The van der Waals surface area contributed by atoms with Crippen LogP contribution in [0.4, 0.5) is 14.5 Å². The molecule has 0 spiro atoms. The number of amides is 1. The summed E-state index contributed by atoms with van der Waals surface area (Å²) in [5.41, 5.74) is 0.405. The van der Waals surface area contributed by atoms with Gasteiger partial charge in [0, 0.05) is 67.5 Å². The molecule has 9 nitrogen and oxygen atoms in total. The first-order valence-corrected chi connectivity index (χ1v) is 15.5. The molecule has 0 saturated carbocycles. The van der Waals surface area contributed by atoms with Gasteiger partial charge in [-0.15, -0.1) is 0 Å².